The predicted molar refractivity (Wildman–Crippen MR) is 233 cm³/mol. The monoisotopic (exact) mass is 731 g/mol. The fourth-order valence-electron chi connectivity index (χ4n) is 9.59. The number of nitrogens with zero attached hydrogens (tertiary/aromatic N) is 1. The van der Waals surface area contributed by atoms with Gasteiger partial charge in [-0.1, -0.05) is 157 Å². The molecule has 0 N–H and O–H groups in total. The summed E-state index contributed by atoms with van der Waals surface area (Å²) in [5.74, 6) is 0. The molecule has 2 aliphatic rings. The summed E-state index contributed by atoms with van der Waals surface area (Å²) in [7, 11) is 0. The first-order chi connectivity index (χ1) is 27.8. The maximum absolute atomic E-state index is 6.53. The summed E-state index contributed by atoms with van der Waals surface area (Å²) in [6, 6.07) is 73.1. The lowest BCUT2D eigenvalue weighted by Gasteiger charge is -2.40. The molecule has 10 aromatic rings. The van der Waals surface area contributed by atoms with Crippen molar-refractivity contribution in [1.29, 1.82) is 0 Å². The highest BCUT2D eigenvalue weighted by molar-refractivity contribution is 7.99. The van der Waals surface area contributed by atoms with E-state index in [0.29, 0.717) is 0 Å². The van der Waals surface area contributed by atoms with Gasteiger partial charge in [-0.25, -0.2) is 0 Å². The van der Waals surface area contributed by atoms with Gasteiger partial charge in [-0.05, 0) is 110 Å². The lowest BCUT2D eigenvalue weighted by molar-refractivity contribution is 0.669. The summed E-state index contributed by atoms with van der Waals surface area (Å²) in [5, 5.41) is 4.78. The third kappa shape index (κ3) is 4.40. The fourth-order valence-corrected chi connectivity index (χ4v) is 10.8. The van der Waals surface area contributed by atoms with Gasteiger partial charge in [0, 0.05) is 31.9 Å². The van der Waals surface area contributed by atoms with Crippen LogP contribution in [0.5, 0.6) is 0 Å². The zero-order chi connectivity index (χ0) is 36.8. The van der Waals surface area contributed by atoms with Crippen molar-refractivity contribution in [3.05, 3.63) is 222 Å². The Labute approximate surface area is 329 Å². The second-order valence-corrected chi connectivity index (χ2v) is 15.9. The number of fused-ring (bicyclic) bond motifs is 14. The van der Waals surface area contributed by atoms with Gasteiger partial charge < -0.3 is 9.32 Å². The number of rotatable bonds is 4. The molecule has 0 fully saturated rings. The highest BCUT2D eigenvalue weighted by Crippen LogP contribution is 2.63. The van der Waals surface area contributed by atoms with Gasteiger partial charge in [0.05, 0.1) is 11.1 Å². The summed E-state index contributed by atoms with van der Waals surface area (Å²) in [5.41, 5.74) is 15.0. The molecule has 0 atom stereocenters. The van der Waals surface area contributed by atoms with E-state index in [1.165, 1.54) is 65.1 Å². The van der Waals surface area contributed by atoms with Crippen molar-refractivity contribution >= 4 is 61.5 Å². The van der Waals surface area contributed by atoms with Crippen LogP contribution in [0.1, 0.15) is 22.3 Å². The third-order valence-electron chi connectivity index (χ3n) is 11.9. The standard InChI is InChI=1S/C53H33NOS/c1-2-13-37(14-3-1)54(47-22-12-18-43-42-17-6-10-23-48(42)55-52(43)47)38-29-25-34(26-30-38)35-27-31-39-36(33-35)28-32-50-51(39)53(46-21-9-11-24-49(46)56-50)44-19-7-4-15-40(44)41-16-5-8-20-45(41)53/h1-33H. The van der Waals surface area contributed by atoms with E-state index in [9.17, 15) is 0 Å². The minimum Gasteiger partial charge on any atom is -0.454 e. The van der Waals surface area contributed by atoms with Crippen molar-refractivity contribution in [2.45, 2.75) is 15.2 Å². The number of hydrogen-bond donors (Lipinski definition) is 0. The molecule has 9 aromatic carbocycles. The molecule has 0 bridgehead atoms. The molecule has 3 heteroatoms. The van der Waals surface area contributed by atoms with Crippen LogP contribution in [0.25, 0.3) is 55.0 Å². The summed E-state index contributed by atoms with van der Waals surface area (Å²) >= 11 is 1.90. The molecule has 1 aliphatic carbocycles. The minimum absolute atomic E-state index is 0.406. The summed E-state index contributed by atoms with van der Waals surface area (Å²) in [4.78, 5) is 4.94. The lowest BCUT2D eigenvalue weighted by Crippen LogP contribution is -2.32. The van der Waals surface area contributed by atoms with Crippen LogP contribution in [0, 0.1) is 0 Å². The van der Waals surface area contributed by atoms with Crippen LogP contribution in [0.3, 0.4) is 0 Å². The highest BCUT2D eigenvalue weighted by Gasteiger charge is 2.50. The van der Waals surface area contributed by atoms with Crippen LogP contribution in [-0.2, 0) is 5.41 Å². The van der Waals surface area contributed by atoms with Gasteiger partial charge in [-0.15, -0.1) is 0 Å². The van der Waals surface area contributed by atoms with Crippen molar-refractivity contribution in [2.75, 3.05) is 4.90 Å². The van der Waals surface area contributed by atoms with Gasteiger partial charge in [-0.2, -0.15) is 0 Å². The van der Waals surface area contributed by atoms with E-state index in [1.807, 2.05) is 23.9 Å². The first-order valence-electron chi connectivity index (χ1n) is 19.2. The number of para-hydroxylation sites is 3. The fraction of sp³-hybridized carbons (Fsp3) is 0.0189. The smallest absolute Gasteiger partial charge is 0.159 e. The normalized spacial score (nSPS) is 13.4. The van der Waals surface area contributed by atoms with E-state index in [4.69, 9.17) is 4.42 Å². The van der Waals surface area contributed by atoms with Crippen molar-refractivity contribution in [3.63, 3.8) is 0 Å². The van der Waals surface area contributed by atoms with Crippen molar-refractivity contribution in [2.24, 2.45) is 0 Å². The minimum atomic E-state index is -0.406. The van der Waals surface area contributed by atoms with Gasteiger partial charge in [0.15, 0.2) is 5.58 Å². The Balaban J connectivity index is 1.00. The van der Waals surface area contributed by atoms with Crippen molar-refractivity contribution in [3.8, 4) is 22.3 Å². The molecule has 0 unspecified atom stereocenters. The zero-order valence-corrected chi connectivity index (χ0v) is 31.1. The summed E-state index contributed by atoms with van der Waals surface area (Å²) in [6.07, 6.45) is 0. The Bertz CT molecular complexity index is 3130. The predicted octanol–water partition coefficient (Wildman–Crippen LogP) is 14.7. The van der Waals surface area contributed by atoms with Gasteiger partial charge in [0.25, 0.3) is 0 Å². The highest BCUT2D eigenvalue weighted by atomic mass is 32.2. The molecular formula is C53H33NOS. The van der Waals surface area contributed by atoms with E-state index in [2.05, 4.69) is 193 Å². The first kappa shape index (κ1) is 31.5. The Kier molecular flexibility index (Phi) is 6.81. The molecular weight excluding hydrogens is 699 g/mol. The number of benzene rings is 9. The van der Waals surface area contributed by atoms with Crippen LogP contribution in [0.4, 0.5) is 17.1 Å². The number of furan rings is 1. The number of anilines is 3. The second-order valence-electron chi connectivity index (χ2n) is 14.8. The molecule has 1 aliphatic heterocycles. The molecule has 0 amide bonds. The first-order valence-corrected chi connectivity index (χ1v) is 20.0. The largest absolute Gasteiger partial charge is 0.454 e. The van der Waals surface area contributed by atoms with E-state index in [-0.39, 0.29) is 0 Å². The van der Waals surface area contributed by atoms with Gasteiger partial charge in [-0.3, -0.25) is 0 Å². The average molecular weight is 732 g/mol. The van der Waals surface area contributed by atoms with Crippen LogP contribution in [0.15, 0.2) is 214 Å². The lowest BCUT2D eigenvalue weighted by atomic mass is 9.66. The molecule has 262 valence electrons. The van der Waals surface area contributed by atoms with Crippen LogP contribution >= 0.6 is 11.8 Å². The Morgan fingerprint density at radius 2 is 1.07 bits per heavy atom. The number of hydrogen-bond acceptors (Lipinski definition) is 3. The molecule has 1 aromatic heterocycles. The molecule has 2 heterocycles. The van der Waals surface area contributed by atoms with Crippen molar-refractivity contribution < 1.29 is 4.42 Å². The molecule has 56 heavy (non-hydrogen) atoms. The molecule has 2 nitrogen and oxygen atoms in total. The molecule has 1 spiro atoms. The zero-order valence-electron chi connectivity index (χ0n) is 30.3. The Morgan fingerprint density at radius 3 is 1.88 bits per heavy atom. The van der Waals surface area contributed by atoms with E-state index in [0.717, 1.165) is 39.0 Å². The maximum atomic E-state index is 6.53. The van der Waals surface area contributed by atoms with Crippen LogP contribution < -0.4 is 4.90 Å². The second kappa shape index (κ2) is 12.1. The van der Waals surface area contributed by atoms with Gasteiger partial charge in [0.1, 0.15) is 5.58 Å². The Morgan fingerprint density at radius 1 is 0.429 bits per heavy atom. The summed E-state index contributed by atoms with van der Waals surface area (Å²) < 4.78 is 6.53. The van der Waals surface area contributed by atoms with Gasteiger partial charge in [0.2, 0.25) is 0 Å². The van der Waals surface area contributed by atoms with Crippen LogP contribution in [0.2, 0.25) is 0 Å². The molecule has 12 rings (SSSR count). The van der Waals surface area contributed by atoms with E-state index in [1.54, 1.807) is 0 Å². The average Bonchev–Trinajstić information content (AvgIpc) is 3.79. The maximum Gasteiger partial charge on any atom is 0.159 e. The Hall–Kier alpha value is -6.81. The molecule has 0 saturated carbocycles. The van der Waals surface area contributed by atoms with E-state index < -0.39 is 5.41 Å². The molecule has 0 radical (unpaired) electrons. The summed E-state index contributed by atoms with van der Waals surface area (Å²) in [6.45, 7) is 0. The SMILES string of the molecule is c1ccc(N(c2ccc(-c3ccc4c5c(ccc4c3)Sc3ccccc3C53c4ccccc4-c4ccccc43)cc2)c2cccc3c2oc2ccccc23)cc1. The molecule has 0 saturated heterocycles. The van der Waals surface area contributed by atoms with E-state index >= 15 is 0 Å². The topological polar surface area (TPSA) is 16.4 Å². The van der Waals surface area contributed by atoms with Crippen molar-refractivity contribution in [1.82, 2.24) is 0 Å². The van der Waals surface area contributed by atoms with Crippen LogP contribution in [-0.4, -0.2) is 0 Å². The quantitative estimate of drug-likeness (QED) is 0.179. The third-order valence-corrected chi connectivity index (χ3v) is 13.1. The van der Waals surface area contributed by atoms with Gasteiger partial charge >= 0.3 is 0 Å².